The molecule has 1 unspecified atom stereocenters. The lowest BCUT2D eigenvalue weighted by atomic mass is 9.97. The summed E-state index contributed by atoms with van der Waals surface area (Å²) in [6.07, 6.45) is 0.136. The van der Waals surface area contributed by atoms with Gasteiger partial charge in [0, 0.05) is 30.8 Å². The van der Waals surface area contributed by atoms with E-state index in [1.165, 1.54) is 30.3 Å². The van der Waals surface area contributed by atoms with Crippen LogP contribution in [-0.2, 0) is 17.9 Å². The summed E-state index contributed by atoms with van der Waals surface area (Å²) < 4.78 is 55.9. The van der Waals surface area contributed by atoms with Gasteiger partial charge in [0.1, 0.15) is 29.0 Å². The number of benzene rings is 3. The highest BCUT2D eigenvalue weighted by Crippen LogP contribution is 2.34. The number of carbonyl (C=O) groups excluding carboxylic acids is 1. The predicted molar refractivity (Wildman–Crippen MR) is 132 cm³/mol. The van der Waals surface area contributed by atoms with E-state index < -0.39 is 11.6 Å². The Morgan fingerprint density at radius 3 is 2.27 bits per heavy atom. The van der Waals surface area contributed by atoms with Gasteiger partial charge in [-0.1, -0.05) is 13.0 Å². The van der Waals surface area contributed by atoms with Gasteiger partial charge in [0.25, 0.3) is 0 Å². The van der Waals surface area contributed by atoms with E-state index in [1.54, 1.807) is 36.1 Å². The molecule has 1 aliphatic rings. The van der Waals surface area contributed by atoms with Crippen molar-refractivity contribution in [1.82, 2.24) is 14.5 Å². The van der Waals surface area contributed by atoms with Crippen molar-refractivity contribution in [2.75, 3.05) is 11.9 Å². The highest BCUT2D eigenvalue weighted by Gasteiger charge is 2.28. The van der Waals surface area contributed by atoms with Crippen LogP contribution in [0, 0.1) is 23.3 Å². The smallest absolute Gasteiger partial charge is 0.223 e. The molecule has 5 nitrogen and oxygen atoms in total. The summed E-state index contributed by atoms with van der Waals surface area (Å²) in [6.45, 7) is 2.93. The lowest BCUT2D eigenvalue weighted by Gasteiger charge is -2.29. The SMILES string of the molecule is CC(CC(=O)N1CCn2c(nc(-c3ccc(F)cc3)c2Nc2ccc(F)cc2)C1)c1ccc(F)c(F)c1. The Morgan fingerprint density at radius 1 is 0.919 bits per heavy atom. The van der Waals surface area contributed by atoms with Gasteiger partial charge in [-0.3, -0.25) is 4.79 Å². The fraction of sp³-hybridized carbons (Fsp3) is 0.214. The van der Waals surface area contributed by atoms with Crippen molar-refractivity contribution in [2.45, 2.75) is 32.4 Å². The molecule has 0 fully saturated rings. The first-order chi connectivity index (χ1) is 17.8. The monoisotopic (exact) mass is 508 g/mol. The van der Waals surface area contributed by atoms with E-state index in [-0.39, 0.29) is 36.4 Å². The molecule has 9 heteroatoms. The molecule has 1 aliphatic heterocycles. The van der Waals surface area contributed by atoms with Gasteiger partial charge in [-0.25, -0.2) is 22.5 Å². The molecule has 1 N–H and O–H groups in total. The number of imidazole rings is 1. The van der Waals surface area contributed by atoms with E-state index in [2.05, 4.69) is 5.32 Å². The first-order valence-electron chi connectivity index (χ1n) is 11.9. The van der Waals surface area contributed by atoms with Crippen LogP contribution in [0.1, 0.15) is 30.7 Å². The molecule has 1 aromatic heterocycles. The first-order valence-corrected chi connectivity index (χ1v) is 11.9. The molecule has 0 aliphatic carbocycles. The number of aromatic nitrogens is 2. The minimum absolute atomic E-state index is 0.122. The molecule has 1 amide bonds. The van der Waals surface area contributed by atoms with Gasteiger partial charge in [0.05, 0.1) is 6.54 Å². The average molecular weight is 509 g/mol. The predicted octanol–water partition coefficient (Wildman–Crippen LogP) is 6.39. The van der Waals surface area contributed by atoms with Crippen LogP contribution in [0.15, 0.2) is 66.7 Å². The Kier molecular flexibility index (Phi) is 6.69. The standard InChI is InChI=1S/C28H24F4N4O/c1-17(19-4-11-23(31)24(32)15-19)14-26(37)35-12-13-36-25(16-35)34-27(18-2-5-20(29)6-3-18)28(36)33-22-9-7-21(30)8-10-22/h2-11,15,17,33H,12-14,16H2,1H3. The van der Waals surface area contributed by atoms with E-state index in [4.69, 9.17) is 4.98 Å². The highest BCUT2D eigenvalue weighted by atomic mass is 19.2. The van der Waals surface area contributed by atoms with Crippen LogP contribution in [0.4, 0.5) is 29.1 Å². The number of amides is 1. The molecule has 5 rings (SSSR count). The van der Waals surface area contributed by atoms with Crippen LogP contribution in [0.2, 0.25) is 0 Å². The number of carbonyl (C=O) groups is 1. The van der Waals surface area contributed by atoms with Gasteiger partial charge in [0.15, 0.2) is 11.6 Å². The maximum atomic E-state index is 13.6. The lowest BCUT2D eigenvalue weighted by molar-refractivity contribution is -0.133. The quantitative estimate of drug-likeness (QED) is 0.307. The largest absolute Gasteiger partial charge is 0.340 e. The number of halogens is 4. The molecule has 0 saturated heterocycles. The van der Waals surface area contributed by atoms with E-state index in [0.717, 1.165) is 12.1 Å². The maximum absolute atomic E-state index is 13.6. The number of nitrogens with zero attached hydrogens (tertiary/aromatic N) is 3. The van der Waals surface area contributed by atoms with E-state index >= 15 is 0 Å². The van der Waals surface area contributed by atoms with Crippen LogP contribution >= 0.6 is 0 Å². The summed E-state index contributed by atoms with van der Waals surface area (Å²) in [7, 11) is 0. The molecular weight excluding hydrogens is 484 g/mol. The van der Waals surface area contributed by atoms with Crippen LogP contribution in [-0.4, -0.2) is 26.9 Å². The van der Waals surface area contributed by atoms with Crippen molar-refractivity contribution in [1.29, 1.82) is 0 Å². The third kappa shape index (κ3) is 5.21. The van der Waals surface area contributed by atoms with E-state index in [0.29, 0.717) is 47.2 Å². The van der Waals surface area contributed by atoms with E-state index in [1.807, 2.05) is 4.57 Å². The molecule has 0 radical (unpaired) electrons. The zero-order valence-electron chi connectivity index (χ0n) is 20.0. The van der Waals surface area contributed by atoms with Crippen molar-refractivity contribution < 1.29 is 22.4 Å². The normalized spacial score (nSPS) is 13.8. The molecule has 3 aromatic carbocycles. The van der Waals surface area contributed by atoms with Crippen LogP contribution in [0.5, 0.6) is 0 Å². The molecule has 0 saturated carbocycles. The molecule has 0 bridgehead atoms. The number of anilines is 2. The molecule has 37 heavy (non-hydrogen) atoms. The highest BCUT2D eigenvalue weighted by molar-refractivity contribution is 5.79. The second-order valence-electron chi connectivity index (χ2n) is 9.11. The van der Waals surface area contributed by atoms with Crippen molar-refractivity contribution in [3.8, 4) is 11.3 Å². The van der Waals surface area contributed by atoms with Gasteiger partial charge < -0.3 is 14.8 Å². The maximum Gasteiger partial charge on any atom is 0.223 e. The third-order valence-electron chi connectivity index (χ3n) is 6.54. The molecule has 2 heterocycles. The summed E-state index contributed by atoms with van der Waals surface area (Å²) >= 11 is 0. The fourth-order valence-corrected chi connectivity index (χ4v) is 4.48. The average Bonchev–Trinajstić information content (AvgIpc) is 3.24. The molecule has 1 atom stereocenters. The lowest BCUT2D eigenvalue weighted by Crippen LogP contribution is -2.39. The Labute approximate surface area is 211 Å². The summed E-state index contributed by atoms with van der Waals surface area (Å²) in [5, 5.41) is 3.30. The minimum atomic E-state index is -0.939. The van der Waals surface area contributed by atoms with Crippen molar-refractivity contribution in [3.63, 3.8) is 0 Å². The second kappa shape index (κ2) is 10.1. The first kappa shape index (κ1) is 24.5. The van der Waals surface area contributed by atoms with E-state index in [9.17, 15) is 22.4 Å². The number of rotatable bonds is 6. The minimum Gasteiger partial charge on any atom is -0.340 e. The summed E-state index contributed by atoms with van der Waals surface area (Å²) in [5.41, 5.74) is 2.49. The molecule has 190 valence electrons. The number of fused-ring (bicyclic) bond motifs is 1. The van der Waals surface area contributed by atoms with Crippen molar-refractivity contribution in [3.05, 3.63) is 101 Å². The fourth-order valence-electron chi connectivity index (χ4n) is 4.48. The van der Waals surface area contributed by atoms with Gasteiger partial charge in [-0.15, -0.1) is 0 Å². The Hall–Kier alpha value is -4.14. The topological polar surface area (TPSA) is 50.2 Å². The van der Waals surface area contributed by atoms with Gasteiger partial charge >= 0.3 is 0 Å². The third-order valence-corrected chi connectivity index (χ3v) is 6.54. The Balaban J connectivity index is 1.40. The van der Waals surface area contributed by atoms with Gasteiger partial charge in [0.2, 0.25) is 5.91 Å². The number of nitrogens with one attached hydrogen (secondary N) is 1. The van der Waals surface area contributed by atoms with Crippen molar-refractivity contribution >= 4 is 17.4 Å². The number of hydrogen-bond acceptors (Lipinski definition) is 3. The Morgan fingerprint density at radius 2 is 1.59 bits per heavy atom. The second-order valence-corrected chi connectivity index (χ2v) is 9.11. The zero-order valence-corrected chi connectivity index (χ0v) is 20.0. The van der Waals surface area contributed by atoms with Crippen molar-refractivity contribution in [2.24, 2.45) is 0 Å². The van der Waals surface area contributed by atoms with Gasteiger partial charge in [-0.2, -0.15) is 0 Å². The summed E-state index contributed by atoms with van der Waals surface area (Å²) in [5.74, 6) is -1.70. The van der Waals surface area contributed by atoms with Gasteiger partial charge in [-0.05, 0) is 72.1 Å². The molecule has 4 aromatic rings. The summed E-state index contributed by atoms with van der Waals surface area (Å²) in [6, 6.07) is 15.6. The summed E-state index contributed by atoms with van der Waals surface area (Å²) in [4.78, 5) is 19.6. The molecule has 0 spiro atoms. The van der Waals surface area contributed by atoms with Crippen LogP contribution in [0.3, 0.4) is 0 Å². The molecular formula is C28H24F4N4O. The van der Waals surface area contributed by atoms with Crippen LogP contribution < -0.4 is 5.32 Å². The zero-order chi connectivity index (χ0) is 26.1. The van der Waals surface area contributed by atoms with Crippen LogP contribution in [0.25, 0.3) is 11.3 Å². The Bertz CT molecular complexity index is 1430. The number of hydrogen-bond donors (Lipinski definition) is 1.